The summed E-state index contributed by atoms with van der Waals surface area (Å²) in [6, 6.07) is 0. The summed E-state index contributed by atoms with van der Waals surface area (Å²) >= 11 is 0. The first-order chi connectivity index (χ1) is 8.41. The number of aromatic hydroxyl groups is 1. The van der Waals surface area contributed by atoms with Crippen LogP contribution in [-0.2, 0) is 29.1 Å². The highest BCUT2D eigenvalue weighted by Crippen LogP contribution is 2.75. The standard InChI is InChI=1S/C8H6NO8P/c1-3-6(11)4(2-10)5(7(12)9-3)8-14-17-18(13,15-8)16-8/h2,11H,1H3,(H,9,12). The van der Waals surface area contributed by atoms with Gasteiger partial charge < -0.3 is 10.1 Å². The third-order valence-electron chi connectivity index (χ3n) is 2.53. The number of H-pyrrole nitrogens is 1. The van der Waals surface area contributed by atoms with Crippen LogP contribution >= 0.6 is 7.82 Å². The molecule has 0 aromatic carbocycles. The van der Waals surface area contributed by atoms with Crippen LogP contribution in [0.15, 0.2) is 4.79 Å². The number of hydrogen-bond donors (Lipinski definition) is 2. The lowest BCUT2D eigenvalue weighted by Crippen LogP contribution is -2.40. The van der Waals surface area contributed by atoms with Gasteiger partial charge in [0.1, 0.15) is 11.3 Å². The van der Waals surface area contributed by atoms with E-state index in [1.54, 1.807) is 0 Å². The first kappa shape index (κ1) is 11.6. The summed E-state index contributed by atoms with van der Waals surface area (Å²) in [5.74, 6) is -2.62. The summed E-state index contributed by atoms with van der Waals surface area (Å²) in [6.07, 6.45) is 0.235. The first-order valence-electron chi connectivity index (χ1n) is 4.71. The molecule has 0 radical (unpaired) electrons. The Balaban J connectivity index is 2.25. The Kier molecular flexibility index (Phi) is 2.11. The molecule has 3 aliphatic rings. The molecule has 4 rings (SSSR count). The highest BCUT2D eigenvalue weighted by molar-refractivity contribution is 7.49. The van der Waals surface area contributed by atoms with Crippen molar-refractivity contribution in [3.05, 3.63) is 27.2 Å². The lowest BCUT2D eigenvalue weighted by molar-refractivity contribution is -0.387. The zero-order chi connectivity index (χ0) is 13.1. The van der Waals surface area contributed by atoms with Crippen molar-refractivity contribution in [1.29, 1.82) is 0 Å². The number of rotatable bonds is 2. The number of hydrogen-bond acceptors (Lipinski definition) is 8. The van der Waals surface area contributed by atoms with E-state index in [0.29, 0.717) is 0 Å². The Bertz CT molecular complexity index is 654. The molecule has 0 spiro atoms. The second kappa shape index (κ2) is 3.28. The highest BCUT2D eigenvalue weighted by Gasteiger charge is 2.71. The largest absolute Gasteiger partial charge is 0.511 e. The van der Waals surface area contributed by atoms with E-state index < -0.39 is 30.7 Å². The number of phosphoric ester groups is 1. The third-order valence-corrected chi connectivity index (χ3v) is 3.72. The minimum Gasteiger partial charge on any atom is -0.505 e. The van der Waals surface area contributed by atoms with Crippen LogP contribution < -0.4 is 5.56 Å². The van der Waals surface area contributed by atoms with Gasteiger partial charge in [-0.15, -0.1) is 4.67 Å². The van der Waals surface area contributed by atoms with Crippen LogP contribution in [0.4, 0.5) is 0 Å². The monoisotopic (exact) mass is 275 g/mol. The predicted molar refractivity (Wildman–Crippen MR) is 52.5 cm³/mol. The molecule has 0 amide bonds. The van der Waals surface area contributed by atoms with Gasteiger partial charge in [0.25, 0.3) is 5.56 Å². The molecule has 18 heavy (non-hydrogen) atoms. The summed E-state index contributed by atoms with van der Waals surface area (Å²) in [7, 11) is -3.78. The SMILES string of the molecule is Cc1[nH]c(=O)c(C23OOP(=O)(O2)O3)c(C=O)c1O. The number of nitrogens with one attached hydrogen (secondary N) is 1. The fourth-order valence-electron chi connectivity index (χ4n) is 1.74. The molecule has 3 aliphatic heterocycles. The van der Waals surface area contributed by atoms with Crippen LogP contribution in [-0.4, -0.2) is 16.4 Å². The van der Waals surface area contributed by atoms with Crippen LogP contribution in [0, 0.1) is 6.92 Å². The Hall–Kier alpha value is -1.51. The zero-order valence-electron chi connectivity index (χ0n) is 8.83. The summed E-state index contributed by atoms with van der Waals surface area (Å²) < 4.78 is 25.0. The maximum absolute atomic E-state index is 11.8. The van der Waals surface area contributed by atoms with Crippen LogP contribution in [0.1, 0.15) is 21.6 Å². The second-order valence-electron chi connectivity index (χ2n) is 3.68. The average Bonchev–Trinajstić information content (AvgIpc) is 2.76. The van der Waals surface area contributed by atoms with Crippen LogP contribution in [0.3, 0.4) is 0 Å². The number of phosphoric acid groups is 1. The van der Waals surface area contributed by atoms with Crippen molar-refractivity contribution in [2.75, 3.05) is 0 Å². The lowest BCUT2D eigenvalue weighted by atomic mass is 10.1. The molecular weight excluding hydrogens is 269 g/mol. The number of carbonyl (C=O) groups excluding carboxylic acids is 1. The second-order valence-corrected chi connectivity index (χ2v) is 5.09. The van der Waals surface area contributed by atoms with Gasteiger partial charge in [0.2, 0.25) is 0 Å². The summed E-state index contributed by atoms with van der Waals surface area (Å²) in [4.78, 5) is 29.5. The van der Waals surface area contributed by atoms with Gasteiger partial charge >= 0.3 is 13.8 Å². The Labute approximate surface area is 98.8 Å². The first-order valence-corrected chi connectivity index (χ1v) is 6.17. The number of aromatic nitrogens is 1. The van der Waals surface area contributed by atoms with Gasteiger partial charge in [-0.05, 0) is 6.92 Å². The molecule has 2 bridgehead atoms. The fourth-order valence-corrected chi connectivity index (χ4v) is 2.84. The molecule has 96 valence electrons. The van der Waals surface area contributed by atoms with E-state index in [-0.39, 0.29) is 17.5 Å². The molecular formula is C8H6NO8P. The summed E-state index contributed by atoms with van der Waals surface area (Å²) in [6.45, 7) is 1.39. The Morgan fingerprint density at radius 2 is 2.11 bits per heavy atom. The van der Waals surface area contributed by atoms with Gasteiger partial charge in [0.05, 0.1) is 11.3 Å². The Morgan fingerprint density at radius 3 is 2.61 bits per heavy atom. The summed E-state index contributed by atoms with van der Waals surface area (Å²) in [5.41, 5.74) is -1.54. The molecule has 0 saturated carbocycles. The van der Waals surface area contributed by atoms with Gasteiger partial charge in [-0.1, -0.05) is 0 Å². The number of pyridine rings is 1. The maximum Gasteiger partial charge on any atom is 0.511 e. The van der Waals surface area contributed by atoms with Gasteiger partial charge in [-0.3, -0.25) is 9.59 Å². The van der Waals surface area contributed by atoms with E-state index in [2.05, 4.69) is 14.5 Å². The molecule has 3 fully saturated rings. The number of carbonyl (C=O) groups is 1. The van der Waals surface area contributed by atoms with Crippen molar-refractivity contribution in [3.63, 3.8) is 0 Å². The van der Waals surface area contributed by atoms with Gasteiger partial charge in [-0.2, -0.15) is 4.89 Å². The zero-order valence-corrected chi connectivity index (χ0v) is 9.72. The third kappa shape index (κ3) is 1.27. The highest BCUT2D eigenvalue weighted by atomic mass is 31.2. The summed E-state index contributed by atoms with van der Waals surface area (Å²) in [5, 5.41) is 9.68. The Morgan fingerprint density at radius 1 is 1.44 bits per heavy atom. The van der Waals surface area contributed by atoms with Gasteiger partial charge in [-0.25, -0.2) is 13.6 Å². The number of aryl methyl sites for hydroxylation is 1. The van der Waals surface area contributed by atoms with Crippen molar-refractivity contribution >= 4 is 14.1 Å². The van der Waals surface area contributed by atoms with Crippen molar-refractivity contribution in [2.45, 2.75) is 12.9 Å². The minimum atomic E-state index is -3.78. The number of aromatic amines is 1. The number of aldehydes is 1. The van der Waals surface area contributed by atoms with E-state index in [1.807, 2.05) is 0 Å². The van der Waals surface area contributed by atoms with Crippen molar-refractivity contribution < 1.29 is 33.1 Å². The average molecular weight is 275 g/mol. The molecule has 0 aliphatic carbocycles. The van der Waals surface area contributed by atoms with Gasteiger partial charge in [0, 0.05) is 0 Å². The van der Waals surface area contributed by atoms with Crippen molar-refractivity contribution in [3.8, 4) is 5.75 Å². The van der Waals surface area contributed by atoms with E-state index in [9.17, 15) is 19.3 Å². The molecule has 4 heterocycles. The van der Waals surface area contributed by atoms with E-state index >= 15 is 0 Å². The van der Waals surface area contributed by atoms with Crippen LogP contribution in [0.25, 0.3) is 0 Å². The van der Waals surface area contributed by atoms with E-state index in [4.69, 9.17) is 9.05 Å². The van der Waals surface area contributed by atoms with Crippen molar-refractivity contribution in [1.82, 2.24) is 4.98 Å². The molecule has 1 aromatic heterocycles. The van der Waals surface area contributed by atoms with E-state index in [1.165, 1.54) is 6.92 Å². The lowest BCUT2D eigenvalue weighted by Gasteiger charge is -2.30. The predicted octanol–water partition coefficient (Wildman–Crippen LogP) is 0.428. The topological polar surface area (TPSA) is 124 Å². The molecule has 9 nitrogen and oxygen atoms in total. The normalized spacial score (nSPS) is 33.2. The molecule has 0 unspecified atom stereocenters. The molecule has 3 saturated heterocycles. The van der Waals surface area contributed by atoms with Crippen LogP contribution in [0.5, 0.6) is 5.75 Å². The van der Waals surface area contributed by atoms with E-state index in [0.717, 1.165) is 0 Å². The van der Waals surface area contributed by atoms with Gasteiger partial charge in [0.15, 0.2) is 6.29 Å². The molecule has 1 aromatic rings. The number of fused-ring (bicyclic) bond motifs is 1. The maximum atomic E-state index is 11.8. The van der Waals surface area contributed by atoms with Crippen molar-refractivity contribution in [2.24, 2.45) is 0 Å². The quantitative estimate of drug-likeness (QED) is 0.452. The molecule has 0 atom stereocenters. The molecule has 2 N–H and O–H groups in total. The fraction of sp³-hybridized carbons (Fsp3) is 0.250. The minimum absolute atomic E-state index is 0.0867. The smallest absolute Gasteiger partial charge is 0.505 e. The molecule has 10 heteroatoms. The van der Waals surface area contributed by atoms with Crippen LogP contribution in [0.2, 0.25) is 0 Å².